The van der Waals surface area contributed by atoms with Crippen molar-refractivity contribution in [2.45, 2.75) is 0 Å². The molecule has 1 rings (SSSR count). The summed E-state index contributed by atoms with van der Waals surface area (Å²) in [4.78, 5) is 10.9. The van der Waals surface area contributed by atoms with Gasteiger partial charge in [-0.3, -0.25) is 5.32 Å². The average Bonchev–Trinajstić information content (AvgIpc) is 2.28. The van der Waals surface area contributed by atoms with Gasteiger partial charge in [-0.05, 0) is 17.7 Å². The Bertz CT molecular complexity index is 344. The Hall–Kier alpha value is -1.81. The van der Waals surface area contributed by atoms with Crippen molar-refractivity contribution in [1.29, 1.82) is 0 Å². The van der Waals surface area contributed by atoms with E-state index in [1.54, 1.807) is 12.1 Å². The summed E-state index contributed by atoms with van der Waals surface area (Å²) in [5, 5.41) is 2.56. The Kier molecular flexibility index (Phi) is 4.37. The molecule has 4 heteroatoms. The van der Waals surface area contributed by atoms with Crippen molar-refractivity contribution in [2.24, 2.45) is 5.73 Å². The van der Waals surface area contributed by atoms with Crippen LogP contribution < -0.4 is 11.1 Å². The summed E-state index contributed by atoms with van der Waals surface area (Å²) < 4.78 is 4.47. The zero-order valence-electron chi connectivity index (χ0n) is 8.57. The fourth-order valence-electron chi connectivity index (χ4n) is 1.05. The first-order valence-corrected chi connectivity index (χ1v) is 4.58. The van der Waals surface area contributed by atoms with E-state index in [2.05, 4.69) is 10.1 Å². The molecule has 0 saturated heterocycles. The number of benzene rings is 1. The van der Waals surface area contributed by atoms with Crippen molar-refractivity contribution >= 4 is 17.9 Å². The van der Waals surface area contributed by atoms with Crippen molar-refractivity contribution in [3.8, 4) is 0 Å². The van der Waals surface area contributed by atoms with Crippen molar-refractivity contribution in [2.75, 3.05) is 19.0 Å². The Balaban J connectivity index is 2.64. The number of hydrogen-bond donors (Lipinski definition) is 2. The van der Waals surface area contributed by atoms with Gasteiger partial charge in [0, 0.05) is 12.2 Å². The number of hydrogen-bond acceptors (Lipinski definition) is 3. The van der Waals surface area contributed by atoms with E-state index < -0.39 is 6.09 Å². The Labute approximate surface area is 88.7 Å². The zero-order valence-corrected chi connectivity index (χ0v) is 8.57. The lowest BCUT2D eigenvalue weighted by molar-refractivity contribution is 0.187. The third-order valence-corrected chi connectivity index (χ3v) is 1.79. The first kappa shape index (κ1) is 11.3. The molecule has 0 atom stereocenters. The predicted octanol–water partition coefficient (Wildman–Crippen LogP) is 1.84. The Morgan fingerprint density at radius 3 is 2.67 bits per heavy atom. The normalized spacial score (nSPS) is 10.3. The molecule has 0 saturated carbocycles. The van der Waals surface area contributed by atoms with Gasteiger partial charge >= 0.3 is 6.09 Å². The van der Waals surface area contributed by atoms with Crippen LogP contribution in [0, 0.1) is 0 Å². The van der Waals surface area contributed by atoms with E-state index in [-0.39, 0.29) is 0 Å². The molecule has 0 spiro atoms. The minimum absolute atomic E-state index is 0.472. The fraction of sp³-hybridized carbons (Fsp3) is 0.182. The number of nitrogens with one attached hydrogen (secondary N) is 1. The van der Waals surface area contributed by atoms with Crippen LogP contribution in [0.15, 0.2) is 30.3 Å². The highest BCUT2D eigenvalue weighted by atomic mass is 16.5. The number of ether oxygens (including phenoxy) is 1. The highest BCUT2D eigenvalue weighted by Gasteiger charge is 1.98. The highest BCUT2D eigenvalue weighted by Crippen LogP contribution is 2.10. The van der Waals surface area contributed by atoms with Gasteiger partial charge in [0.05, 0.1) is 7.11 Å². The van der Waals surface area contributed by atoms with Gasteiger partial charge in [-0.25, -0.2) is 4.79 Å². The molecule has 80 valence electrons. The molecule has 1 aromatic carbocycles. The highest BCUT2D eigenvalue weighted by molar-refractivity contribution is 5.84. The summed E-state index contributed by atoms with van der Waals surface area (Å²) in [7, 11) is 1.33. The zero-order chi connectivity index (χ0) is 11.1. The topological polar surface area (TPSA) is 64.3 Å². The summed E-state index contributed by atoms with van der Waals surface area (Å²) in [6.45, 7) is 0.516. The van der Waals surface area contributed by atoms with Crippen molar-refractivity contribution in [3.05, 3.63) is 35.9 Å². The van der Waals surface area contributed by atoms with E-state index in [4.69, 9.17) is 5.73 Å². The number of rotatable bonds is 3. The molecule has 15 heavy (non-hydrogen) atoms. The van der Waals surface area contributed by atoms with Crippen LogP contribution in [0.4, 0.5) is 10.5 Å². The van der Waals surface area contributed by atoms with Crippen LogP contribution >= 0.6 is 0 Å². The van der Waals surface area contributed by atoms with E-state index in [1.807, 2.05) is 24.3 Å². The largest absolute Gasteiger partial charge is 0.453 e. The maximum Gasteiger partial charge on any atom is 0.411 e. The standard InChI is InChI=1S/C11H14N2O2/c1-15-11(14)13-10-6-4-9(5-7-10)3-2-8-12/h2-7H,8,12H2,1H3,(H,13,14)/b3-2+. The van der Waals surface area contributed by atoms with E-state index in [0.717, 1.165) is 5.56 Å². The maximum absolute atomic E-state index is 10.9. The predicted molar refractivity (Wildman–Crippen MR) is 60.6 cm³/mol. The summed E-state index contributed by atoms with van der Waals surface area (Å²) in [5.41, 5.74) is 7.07. The van der Waals surface area contributed by atoms with Crippen LogP contribution in [0.5, 0.6) is 0 Å². The summed E-state index contributed by atoms with van der Waals surface area (Å²) in [6, 6.07) is 7.37. The van der Waals surface area contributed by atoms with Gasteiger partial charge in [-0.1, -0.05) is 24.3 Å². The second kappa shape index (κ2) is 5.82. The maximum atomic E-state index is 10.9. The molecule has 1 aromatic rings. The molecule has 3 N–H and O–H groups in total. The van der Waals surface area contributed by atoms with Crippen LogP contribution in [0.2, 0.25) is 0 Å². The molecule has 0 bridgehead atoms. The summed E-state index contributed by atoms with van der Waals surface area (Å²) >= 11 is 0. The molecule has 4 nitrogen and oxygen atoms in total. The number of methoxy groups -OCH3 is 1. The minimum atomic E-state index is -0.472. The van der Waals surface area contributed by atoms with Gasteiger partial charge in [-0.15, -0.1) is 0 Å². The van der Waals surface area contributed by atoms with Gasteiger partial charge < -0.3 is 10.5 Å². The van der Waals surface area contributed by atoms with E-state index >= 15 is 0 Å². The number of nitrogens with two attached hydrogens (primary N) is 1. The molecule has 0 fully saturated rings. The first-order chi connectivity index (χ1) is 7.26. The lowest BCUT2D eigenvalue weighted by Crippen LogP contribution is -2.10. The van der Waals surface area contributed by atoms with E-state index in [9.17, 15) is 4.79 Å². The van der Waals surface area contributed by atoms with E-state index in [1.165, 1.54) is 7.11 Å². The van der Waals surface area contributed by atoms with Crippen LogP contribution in [0.3, 0.4) is 0 Å². The van der Waals surface area contributed by atoms with Crippen LogP contribution in [0.25, 0.3) is 6.08 Å². The molecular weight excluding hydrogens is 192 g/mol. The molecular formula is C11H14N2O2. The molecule has 0 aliphatic heterocycles. The lowest BCUT2D eigenvalue weighted by atomic mass is 10.2. The van der Waals surface area contributed by atoms with Gasteiger partial charge in [0.15, 0.2) is 0 Å². The van der Waals surface area contributed by atoms with Gasteiger partial charge in [-0.2, -0.15) is 0 Å². The number of amides is 1. The minimum Gasteiger partial charge on any atom is -0.453 e. The lowest BCUT2D eigenvalue weighted by Gasteiger charge is -2.03. The molecule has 0 unspecified atom stereocenters. The van der Waals surface area contributed by atoms with Crippen molar-refractivity contribution in [1.82, 2.24) is 0 Å². The van der Waals surface area contributed by atoms with Crippen LogP contribution in [0.1, 0.15) is 5.56 Å². The summed E-state index contributed by atoms with van der Waals surface area (Å²) in [6.07, 6.45) is 3.31. The van der Waals surface area contributed by atoms with Crippen LogP contribution in [-0.2, 0) is 4.74 Å². The van der Waals surface area contributed by atoms with Crippen molar-refractivity contribution < 1.29 is 9.53 Å². The fourth-order valence-corrected chi connectivity index (χ4v) is 1.05. The number of carbonyl (C=O) groups is 1. The third kappa shape index (κ3) is 3.83. The number of anilines is 1. The molecule has 0 radical (unpaired) electrons. The van der Waals surface area contributed by atoms with Gasteiger partial charge in [0.25, 0.3) is 0 Å². The molecule has 0 heterocycles. The molecule has 0 aliphatic carbocycles. The Morgan fingerprint density at radius 2 is 2.13 bits per heavy atom. The van der Waals surface area contributed by atoms with Gasteiger partial charge in [0.1, 0.15) is 0 Å². The smallest absolute Gasteiger partial charge is 0.411 e. The molecule has 1 amide bonds. The number of carbonyl (C=O) groups excluding carboxylic acids is 1. The first-order valence-electron chi connectivity index (χ1n) is 4.58. The molecule has 0 aliphatic rings. The average molecular weight is 206 g/mol. The SMILES string of the molecule is COC(=O)Nc1ccc(/C=C/CN)cc1. The van der Waals surface area contributed by atoms with E-state index in [0.29, 0.717) is 12.2 Å². The van der Waals surface area contributed by atoms with Gasteiger partial charge in [0.2, 0.25) is 0 Å². The summed E-state index contributed by atoms with van der Waals surface area (Å²) in [5.74, 6) is 0. The second-order valence-corrected chi connectivity index (χ2v) is 2.88. The van der Waals surface area contributed by atoms with Crippen molar-refractivity contribution in [3.63, 3.8) is 0 Å². The molecule has 0 aromatic heterocycles. The van der Waals surface area contributed by atoms with Crippen LogP contribution in [-0.4, -0.2) is 19.7 Å². The second-order valence-electron chi connectivity index (χ2n) is 2.88. The monoisotopic (exact) mass is 206 g/mol. The quantitative estimate of drug-likeness (QED) is 0.793. The Morgan fingerprint density at radius 1 is 1.47 bits per heavy atom. The third-order valence-electron chi connectivity index (χ3n) is 1.79.